The molecule has 1 aromatic heterocycles. The van der Waals surface area contributed by atoms with Gasteiger partial charge in [0.15, 0.2) is 17.1 Å². The number of hydrogen-bond donors (Lipinski definition) is 2. The average Bonchev–Trinajstić information content (AvgIpc) is 2.38. The largest absolute Gasteiger partial charge is 0.415 e. The lowest BCUT2D eigenvalue weighted by atomic mass is 10.3. The Morgan fingerprint density at radius 2 is 1.90 bits per heavy atom. The summed E-state index contributed by atoms with van der Waals surface area (Å²) in [6.45, 7) is 0.0680. The van der Waals surface area contributed by atoms with Gasteiger partial charge in [-0.2, -0.15) is 18.2 Å². The lowest BCUT2D eigenvalue weighted by Crippen LogP contribution is -2.41. The van der Waals surface area contributed by atoms with Crippen LogP contribution in [0.4, 0.5) is 24.9 Å². The average molecular weight is 329 g/mol. The normalized spacial score (nSPS) is 13.5. The third-order valence-corrected chi connectivity index (χ3v) is 2.95. The van der Waals surface area contributed by atoms with Gasteiger partial charge in [0.2, 0.25) is 5.95 Å². The Morgan fingerprint density at radius 3 is 2.43 bits per heavy atom. The predicted octanol–water partition coefficient (Wildman–Crippen LogP) is 0.398. The Morgan fingerprint density at radius 1 is 1.29 bits per heavy atom. The number of aromatic nitrogens is 3. The number of aliphatic hydroxyl groups is 1. The first-order valence-electron chi connectivity index (χ1n) is 5.91. The van der Waals surface area contributed by atoms with Gasteiger partial charge in [-0.05, 0) is 7.05 Å². The van der Waals surface area contributed by atoms with Crippen molar-refractivity contribution in [3.63, 3.8) is 0 Å². The maximum atomic E-state index is 12.2. The molecular weight excluding hydrogens is 313 g/mol. The van der Waals surface area contributed by atoms with Crippen LogP contribution in [-0.2, 0) is 0 Å². The molecule has 0 radical (unpaired) electrons. The number of anilines is 2. The van der Waals surface area contributed by atoms with E-state index in [9.17, 15) is 13.2 Å². The van der Waals surface area contributed by atoms with Crippen LogP contribution in [0.5, 0.6) is 0 Å². The van der Waals surface area contributed by atoms with Crippen LogP contribution in [0.2, 0.25) is 5.15 Å². The molecule has 7 nitrogen and oxygen atoms in total. The zero-order valence-electron chi connectivity index (χ0n) is 11.5. The van der Waals surface area contributed by atoms with Crippen molar-refractivity contribution in [2.45, 2.75) is 12.3 Å². The highest BCUT2D eigenvalue weighted by molar-refractivity contribution is 6.31. The van der Waals surface area contributed by atoms with E-state index in [4.69, 9.17) is 22.4 Å². The maximum Gasteiger partial charge on any atom is 0.415 e. The van der Waals surface area contributed by atoms with Crippen LogP contribution in [0.25, 0.3) is 0 Å². The zero-order valence-corrected chi connectivity index (χ0v) is 12.2. The van der Waals surface area contributed by atoms with Gasteiger partial charge in [-0.25, -0.2) is 0 Å². The smallest absolute Gasteiger partial charge is 0.382 e. The van der Waals surface area contributed by atoms with Crippen molar-refractivity contribution >= 4 is 23.4 Å². The molecule has 0 unspecified atom stereocenters. The van der Waals surface area contributed by atoms with Crippen LogP contribution in [-0.4, -0.2) is 71.2 Å². The number of rotatable bonds is 6. The second kappa shape index (κ2) is 7.05. The minimum Gasteiger partial charge on any atom is -0.382 e. The molecule has 21 heavy (non-hydrogen) atoms. The molecule has 0 aliphatic heterocycles. The van der Waals surface area contributed by atoms with Crippen LogP contribution in [0.15, 0.2) is 0 Å². The third kappa shape index (κ3) is 5.48. The van der Waals surface area contributed by atoms with Gasteiger partial charge >= 0.3 is 6.18 Å². The molecule has 0 amide bonds. The van der Waals surface area contributed by atoms with Gasteiger partial charge in [0.25, 0.3) is 0 Å². The summed E-state index contributed by atoms with van der Waals surface area (Å²) in [6, 6.07) is 0. The van der Waals surface area contributed by atoms with Crippen molar-refractivity contribution in [3.05, 3.63) is 5.15 Å². The summed E-state index contributed by atoms with van der Waals surface area (Å²) in [6.07, 6.45) is -7.01. The third-order valence-electron chi connectivity index (χ3n) is 2.68. The van der Waals surface area contributed by atoms with Gasteiger partial charge < -0.3 is 20.6 Å². The number of nitrogen functional groups attached to an aromatic ring is 1. The second-order valence-electron chi connectivity index (χ2n) is 4.53. The topological polar surface area (TPSA) is 91.4 Å². The molecule has 3 N–H and O–H groups in total. The van der Waals surface area contributed by atoms with E-state index in [0.29, 0.717) is 6.54 Å². The van der Waals surface area contributed by atoms with E-state index >= 15 is 0 Å². The number of nitrogens with zero attached hydrogens (tertiary/aromatic N) is 5. The quantitative estimate of drug-likeness (QED) is 0.781. The number of aliphatic hydroxyl groups excluding tert-OH is 1. The highest BCUT2D eigenvalue weighted by atomic mass is 35.5. The predicted molar refractivity (Wildman–Crippen MR) is 72.1 cm³/mol. The molecule has 0 aliphatic carbocycles. The molecule has 11 heteroatoms. The Kier molecular flexibility index (Phi) is 5.93. The summed E-state index contributed by atoms with van der Waals surface area (Å²) in [5.74, 6) is 0.232. The Hall–Kier alpha value is -1.39. The minimum atomic E-state index is -4.63. The summed E-state index contributed by atoms with van der Waals surface area (Å²) in [7, 11) is 3.11. The molecule has 1 aromatic rings. The summed E-state index contributed by atoms with van der Waals surface area (Å²) in [5, 5.41) is 16.3. The first kappa shape index (κ1) is 17.7. The van der Waals surface area contributed by atoms with Gasteiger partial charge in [-0.1, -0.05) is 11.6 Å². The number of likely N-dealkylation sites (N-methyl/N-ethyl adjacent to an activating group) is 2. The zero-order chi connectivity index (χ0) is 16.2. The summed E-state index contributed by atoms with van der Waals surface area (Å²) < 4.78 is 36.6. The van der Waals surface area contributed by atoms with Gasteiger partial charge in [-0.3, -0.25) is 0 Å². The Balaban J connectivity index is 2.48. The van der Waals surface area contributed by atoms with Gasteiger partial charge in [0, 0.05) is 26.7 Å². The van der Waals surface area contributed by atoms with Crippen molar-refractivity contribution in [2.75, 3.05) is 44.4 Å². The molecule has 0 saturated carbocycles. The van der Waals surface area contributed by atoms with Crippen LogP contribution in [0, 0.1) is 0 Å². The van der Waals surface area contributed by atoms with E-state index < -0.39 is 18.8 Å². The SMILES string of the molecule is CN(CCN(C)c1nnc(Cl)c(N)n1)C[C@@H](O)C(F)(F)F. The van der Waals surface area contributed by atoms with Crippen molar-refractivity contribution in [1.29, 1.82) is 0 Å². The standard InChI is InChI=1S/C10H16ClF3N6O/c1-19(5-6(21)10(12,13)14)3-4-20(2)9-16-8(15)7(11)17-18-9/h6,21H,3-5H2,1-2H3,(H2,15,16,18)/t6-/m1/s1. The van der Waals surface area contributed by atoms with Gasteiger partial charge in [-0.15, -0.1) is 10.2 Å². The molecule has 0 spiro atoms. The van der Waals surface area contributed by atoms with E-state index in [1.54, 1.807) is 11.9 Å². The van der Waals surface area contributed by atoms with E-state index in [2.05, 4.69) is 15.2 Å². The fraction of sp³-hybridized carbons (Fsp3) is 0.700. The van der Waals surface area contributed by atoms with Crippen molar-refractivity contribution in [2.24, 2.45) is 0 Å². The summed E-state index contributed by atoms with van der Waals surface area (Å²) >= 11 is 5.59. The monoisotopic (exact) mass is 328 g/mol. The lowest BCUT2D eigenvalue weighted by molar-refractivity contribution is -0.207. The van der Waals surface area contributed by atoms with E-state index in [-0.39, 0.29) is 23.5 Å². The summed E-state index contributed by atoms with van der Waals surface area (Å²) in [5.41, 5.74) is 5.49. The highest BCUT2D eigenvalue weighted by Crippen LogP contribution is 2.20. The van der Waals surface area contributed by atoms with Gasteiger partial charge in [0.1, 0.15) is 0 Å². The lowest BCUT2D eigenvalue weighted by Gasteiger charge is -2.24. The molecule has 0 saturated heterocycles. The van der Waals surface area contributed by atoms with E-state index in [0.717, 1.165) is 0 Å². The first-order valence-corrected chi connectivity index (χ1v) is 6.29. The fourth-order valence-electron chi connectivity index (χ4n) is 1.39. The van der Waals surface area contributed by atoms with Gasteiger partial charge in [0.05, 0.1) is 0 Å². The maximum absolute atomic E-state index is 12.2. The number of halogens is 4. The number of hydrogen-bond acceptors (Lipinski definition) is 7. The van der Waals surface area contributed by atoms with Crippen LogP contribution >= 0.6 is 11.6 Å². The summed E-state index contributed by atoms with van der Waals surface area (Å²) in [4.78, 5) is 6.82. The van der Waals surface area contributed by atoms with Crippen molar-refractivity contribution < 1.29 is 18.3 Å². The molecule has 1 rings (SSSR count). The van der Waals surface area contributed by atoms with E-state index in [1.807, 2.05) is 0 Å². The minimum absolute atomic E-state index is 0.0161. The van der Waals surface area contributed by atoms with Crippen LogP contribution in [0.1, 0.15) is 0 Å². The molecule has 120 valence electrons. The molecular formula is C10H16ClF3N6O. The molecule has 0 bridgehead atoms. The molecule has 1 atom stereocenters. The Labute approximate surface area is 124 Å². The van der Waals surface area contributed by atoms with Crippen molar-refractivity contribution in [1.82, 2.24) is 20.1 Å². The van der Waals surface area contributed by atoms with Crippen LogP contribution in [0.3, 0.4) is 0 Å². The van der Waals surface area contributed by atoms with Crippen LogP contribution < -0.4 is 10.6 Å². The highest BCUT2D eigenvalue weighted by Gasteiger charge is 2.38. The Bertz CT molecular complexity index is 475. The molecule has 0 aromatic carbocycles. The molecule has 1 heterocycles. The number of alkyl halides is 3. The first-order chi connectivity index (χ1) is 9.61. The molecule has 0 fully saturated rings. The van der Waals surface area contributed by atoms with E-state index in [1.165, 1.54) is 11.9 Å². The number of nitrogens with two attached hydrogens (primary N) is 1. The fourth-order valence-corrected chi connectivity index (χ4v) is 1.47. The molecule has 0 aliphatic rings. The second-order valence-corrected chi connectivity index (χ2v) is 4.89. The van der Waals surface area contributed by atoms with Crippen molar-refractivity contribution in [3.8, 4) is 0 Å².